The normalized spacial score (nSPS) is 13.2. The van der Waals surface area contributed by atoms with Crippen molar-refractivity contribution in [2.24, 2.45) is 5.92 Å². The van der Waals surface area contributed by atoms with E-state index in [4.69, 9.17) is 5.11 Å². The Kier molecular flexibility index (Phi) is 5.27. The second kappa shape index (κ2) is 5.69. The van der Waals surface area contributed by atoms with Gasteiger partial charge in [0.15, 0.2) is 9.84 Å². The highest BCUT2D eigenvalue weighted by molar-refractivity contribution is 7.91. The molecule has 15 heavy (non-hydrogen) atoms. The van der Waals surface area contributed by atoms with Crippen molar-refractivity contribution in [2.45, 2.75) is 13.3 Å². The molecule has 6 nitrogen and oxygen atoms in total. The third-order valence-electron chi connectivity index (χ3n) is 1.77. The summed E-state index contributed by atoms with van der Waals surface area (Å²) in [6, 6.07) is 0. The maximum atomic E-state index is 11.3. The molecule has 0 amide bonds. The molecule has 0 bridgehead atoms. The van der Waals surface area contributed by atoms with E-state index in [1.807, 2.05) is 0 Å². The maximum Gasteiger partial charge on any atom is 0.307 e. The Labute approximate surface area is 88.2 Å². The molecule has 0 rings (SSSR count). The first-order chi connectivity index (χ1) is 6.78. The Morgan fingerprint density at radius 3 is 2.33 bits per heavy atom. The molecule has 0 aromatic heterocycles. The lowest BCUT2D eigenvalue weighted by atomic mass is 10.2. The topological polar surface area (TPSA) is 97.7 Å². The predicted molar refractivity (Wildman–Crippen MR) is 52.1 cm³/mol. The zero-order valence-electron chi connectivity index (χ0n) is 8.60. The number of carbonyl (C=O) groups is 2. The lowest BCUT2D eigenvalue weighted by Gasteiger charge is -2.06. The van der Waals surface area contributed by atoms with Crippen molar-refractivity contribution in [3.05, 3.63) is 0 Å². The molecule has 0 aromatic rings. The van der Waals surface area contributed by atoms with Crippen molar-refractivity contribution in [1.82, 2.24) is 0 Å². The number of rotatable bonds is 6. The van der Waals surface area contributed by atoms with E-state index in [0.29, 0.717) is 0 Å². The summed E-state index contributed by atoms with van der Waals surface area (Å²) in [5.74, 6) is -3.60. The summed E-state index contributed by atoms with van der Waals surface area (Å²) in [5.41, 5.74) is 0. The van der Waals surface area contributed by atoms with Crippen LogP contribution in [-0.2, 0) is 24.2 Å². The van der Waals surface area contributed by atoms with Gasteiger partial charge in [0.25, 0.3) is 0 Å². The molecule has 0 radical (unpaired) electrons. The molecule has 1 unspecified atom stereocenters. The van der Waals surface area contributed by atoms with E-state index in [2.05, 4.69) is 4.74 Å². The van der Waals surface area contributed by atoms with Crippen LogP contribution >= 0.6 is 0 Å². The molecule has 0 aliphatic rings. The number of esters is 1. The zero-order valence-corrected chi connectivity index (χ0v) is 9.41. The quantitative estimate of drug-likeness (QED) is 0.637. The number of hydrogen-bond acceptors (Lipinski definition) is 5. The highest BCUT2D eigenvalue weighted by atomic mass is 32.2. The summed E-state index contributed by atoms with van der Waals surface area (Å²) in [5, 5.41) is 8.51. The predicted octanol–water partition coefficient (Wildman–Crippen LogP) is -0.315. The highest BCUT2D eigenvalue weighted by Gasteiger charge is 2.21. The summed E-state index contributed by atoms with van der Waals surface area (Å²) < 4.78 is 26.9. The van der Waals surface area contributed by atoms with Gasteiger partial charge in [-0.1, -0.05) is 6.92 Å². The molecular weight excluding hydrogens is 224 g/mol. The smallest absolute Gasteiger partial charge is 0.307 e. The Morgan fingerprint density at radius 2 is 1.93 bits per heavy atom. The first-order valence-corrected chi connectivity index (χ1v) is 6.10. The van der Waals surface area contributed by atoms with Gasteiger partial charge in [-0.25, -0.2) is 8.42 Å². The standard InChI is InChI=1S/C8H14O6S/c1-6(8(10)11)5-15(12,13)4-3-7(9)14-2/h6H,3-5H2,1-2H3,(H,10,11). The molecule has 88 valence electrons. The van der Waals surface area contributed by atoms with E-state index >= 15 is 0 Å². The van der Waals surface area contributed by atoms with E-state index in [1.165, 1.54) is 6.92 Å². The summed E-state index contributed by atoms with van der Waals surface area (Å²) in [6.07, 6.45) is -0.245. The number of ether oxygens (including phenoxy) is 1. The average Bonchev–Trinajstić information content (AvgIpc) is 2.13. The van der Waals surface area contributed by atoms with E-state index in [0.717, 1.165) is 7.11 Å². The molecule has 1 atom stereocenters. The second-order valence-corrected chi connectivity index (χ2v) is 5.41. The van der Waals surface area contributed by atoms with Gasteiger partial charge in [0.05, 0.1) is 31.0 Å². The minimum absolute atomic E-state index is 0.245. The molecule has 7 heteroatoms. The fourth-order valence-corrected chi connectivity index (χ4v) is 2.43. The van der Waals surface area contributed by atoms with Crippen LogP contribution in [0.1, 0.15) is 13.3 Å². The zero-order chi connectivity index (χ0) is 12.1. The van der Waals surface area contributed by atoms with Crippen LogP contribution < -0.4 is 0 Å². The van der Waals surface area contributed by atoms with Crippen molar-refractivity contribution < 1.29 is 27.9 Å². The minimum atomic E-state index is -3.51. The van der Waals surface area contributed by atoms with Crippen LogP contribution in [-0.4, -0.2) is 44.1 Å². The Balaban J connectivity index is 4.20. The van der Waals surface area contributed by atoms with Gasteiger partial charge in [-0.15, -0.1) is 0 Å². The van der Waals surface area contributed by atoms with Crippen molar-refractivity contribution in [3.8, 4) is 0 Å². The monoisotopic (exact) mass is 238 g/mol. The Bertz CT molecular complexity index is 331. The van der Waals surface area contributed by atoms with Crippen LogP contribution in [0.3, 0.4) is 0 Å². The maximum absolute atomic E-state index is 11.3. The third kappa shape index (κ3) is 6.05. The molecule has 1 N–H and O–H groups in total. The van der Waals surface area contributed by atoms with E-state index in [1.54, 1.807) is 0 Å². The van der Waals surface area contributed by atoms with E-state index in [9.17, 15) is 18.0 Å². The molecule has 0 fully saturated rings. The van der Waals surface area contributed by atoms with Crippen LogP contribution in [0.2, 0.25) is 0 Å². The number of carboxylic acid groups (broad SMARTS) is 1. The van der Waals surface area contributed by atoms with Crippen LogP contribution in [0.4, 0.5) is 0 Å². The van der Waals surface area contributed by atoms with Crippen molar-refractivity contribution >= 4 is 21.8 Å². The number of carboxylic acids is 1. The van der Waals surface area contributed by atoms with Crippen molar-refractivity contribution in [3.63, 3.8) is 0 Å². The molecular formula is C8H14O6S. The van der Waals surface area contributed by atoms with Gasteiger partial charge in [-0.3, -0.25) is 9.59 Å². The number of hydrogen-bond donors (Lipinski definition) is 1. The largest absolute Gasteiger partial charge is 0.481 e. The lowest BCUT2D eigenvalue weighted by molar-refractivity contribution is -0.141. The SMILES string of the molecule is COC(=O)CCS(=O)(=O)CC(C)C(=O)O. The van der Waals surface area contributed by atoms with E-state index in [-0.39, 0.29) is 12.2 Å². The molecule has 0 spiro atoms. The van der Waals surface area contributed by atoms with Gasteiger partial charge >= 0.3 is 11.9 Å². The minimum Gasteiger partial charge on any atom is -0.481 e. The average molecular weight is 238 g/mol. The number of carbonyl (C=O) groups excluding carboxylic acids is 1. The van der Waals surface area contributed by atoms with Crippen LogP contribution in [0.15, 0.2) is 0 Å². The Hall–Kier alpha value is -1.11. The van der Waals surface area contributed by atoms with Crippen LogP contribution in [0, 0.1) is 5.92 Å². The molecule has 0 saturated heterocycles. The van der Waals surface area contributed by atoms with Crippen LogP contribution in [0.25, 0.3) is 0 Å². The summed E-state index contributed by atoms with van der Waals surface area (Å²) in [4.78, 5) is 21.1. The summed E-state index contributed by atoms with van der Waals surface area (Å²) in [6.45, 7) is 1.30. The Morgan fingerprint density at radius 1 is 1.40 bits per heavy atom. The van der Waals surface area contributed by atoms with Gasteiger partial charge in [0.1, 0.15) is 0 Å². The molecule has 0 aromatic carbocycles. The number of sulfone groups is 1. The van der Waals surface area contributed by atoms with Gasteiger partial charge in [0.2, 0.25) is 0 Å². The molecule has 0 aliphatic carbocycles. The fraction of sp³-hybridized carbons (Fsp3) is 0.750. The van der Waals surface area contributed by atoms with Crippen molar-refractivity contribution in [2.75, 3.05) is 18.6 Å². The molecule has 0 aliphatic heterocycles. The van der Waals surface area contributed by atoms with E-state index < -0.39 is 33.4 Å². The highest BCUT2D eigenvalue weighted by Crippen LogP contribution is 2.04. The first kappa shape index (κ1) is 13.9. The van der Waals surface area contributed by atoms with Crippen LogP contribution in [0.5, 0.6) is 0 Å². The molecule has 0 saturated carbocycles. The third-order valence-corrected chi connectivity index (χ3v) is 3.60. The van der Waals surface area contributed by atoms with Crippen molar-refractivity contribution in [1.29, 1.82) is 0 Å². The first-order valence-electron chi connectivity index (χ1n) is 4.28. The summed E-state index contributed by atoms with van der Waals surface area (Å²) >= 11 is 0. The van der Waals surface area contributed by atoms with Gasteiger partial charge in [-0.2, -0.15) is 0 Å². The van der Waals surface area contributed by atoms with Gasteiger partial charge in [-0.05, 0) is 0 Å². The second-order valence-electron chi connectivity index (χ2n) is 3.18. The number of aliphatic carboxylic acids is 1. The van der Waals surface area contributed by atoms with Gasteiger partial charge < -0.3 is 9.84 Å². The lowest BCUT2D eigenvalue weighted by Crippen LogP contribution is -2.24. The number of methoxy groups -OCH3 is 1. The van der Waals surface area contributed by atoms with Gasteiger partial charge in [0, 0.05) is 0 Å². The summed E-state index contributed by atoms with van der Waals surface area (Å²) in [7, 11) is -2.35. The fourth-order valence-electron chi connectivity index (χ4n) is 0.876. The molecule has 0 heterocycles.